The molecule has 0 spiro atoms. The van der Waals surface area contributed by atoms with Crippen LogP contribution in [0.4, 0.5) is 10.6 Å². The van der Waals surface area contributed by atoms with Crippen LogP contribution >= 0.6 is 0 Å². The molecule has 2 aromatic carbocycles. The number of likely N-dealkylation sites (tertiary alicyclic amines) is 1. The predicted octanol–water partition coefficient (Wildman–Crippen LogP) is 6.23. The highest BCUT2D eigenvalue weighted by atomic mass is 16.6. The van der Waals surface area contributed by atoms with Crippen molar-refractivity contribution in [1.82, 2.24) is 19.3 Å². The van der Waals surface area contributed by atoms with Crippen LogP contribution in [0, 0.1) is 5.92 Å². The van der Waals surface area contributed by atoms with E-state index in [4.69, 9.17) is 20.2 Å². The first-order chi connectivity index (χ1) is 17.8. The molecule has 3 heterocycles. The minimum atomic E-state index is -0.568. The highest BCUT2D eigenvalue weighted by Crippen LogP contribution is 2.51. The van der Waals surface area contributed by atoms with Crippen LogP contribution in [0.25, 0.3) is 16.8 Å². The number of carbonyl (C=O) groups is 1. The number of piperidine rings is 1. The zero-order valence-electron chi connectivity index (χ0n) is 21.3. The Bertz CT molecular complexity index is 1440. The minimum Gasteiger partial charge on any atom is -0.457 e. The average Bonchev–Trinajstić information content (AvgIpc) is 3.58. The molecule has 2 N–H and O–H groups in total. The van der Waals surface area contributed by atoms with E-state index in [-0.39, 0.29) is 18.2 Å². The molecule has 1 aliphatic carbocycles. The lowest BCUT2D eigenvalue weighted by atomic mass is 9.98. The number of carbonyl (C=O) groups excluding carboxylic acids is 1. The van der Waals surface area contributed by atoms with Gasteiger partial charge in [0, 0.05) is 24.0 Å². The molecule has 4 aromatic rings. The summed E-state index contributed by atoms with van der Waals surface area (Å²) in [7, 11) is 0. The van der Waals surface area contributed by atoms with E-state index in [1.165, 1.54) is 0 Å². The standard InChI is InChI=1S/C29H31N5O3/c1-29(2,3)37-28(35)34-20-12-9-19(17-20)24(34)27-32-23(25-26(30)31-15-16-33(25)27)18-10-13-22(14-11-18)36-21-7-5-4-6-8-21/h4-8,10-11,13-16,19-20,24H,9,12,17H2,1-3H3,(H2,30,31)/t19-,20+,24-/m0/s1. The second-order valence-electron chi connectivity index (χ2n) is 10.8. The van der Waals surface area contributed by atoms with Gasteiger partial charge in [-0.05, 0) is 82.3 Å². The largest absolute Gasteiger partial charge is 0.457 e. The Balaban J connectivity index is 1.39. The Kier molecular flexibility index (Phi) is 5.55. The molecular weight excluding hydrogens is 466 g/mol. The molecule has 1 saturated carbocycles. The third-order valence-electron chi connectivity index (χ3n) is 7.17. The first-order valence-corrected chi connectivity index (χ1v) is 12.8. The van der Waals surface area contributed by atoms with Crippen molar-refractivity contribution in [1.29, 1.82) is 0 Å². The SMILES string of the molecule is CC(C)(C)OC(=O)N1[C@@H]2CC[C@@H](C2)[C@H]1c1nc(-c2ccc(Oc3ccccc3)cc2)c2c(N)nccn12. The van der Waals surface area contributed by atoms with Crippen LogP contribution in [0.3, 0.4) is 0 Å². The molecule has 2 fully saturated rings. The minimum absolute atomic E-state index is 0.161. The number of nitrogens with zero attached hydrogens (tertiary/aromatic N) is 4. The molecule has 8 nitrogen and oxygen atoms in total. The molecule has 2 bridgehead atoms. The van der Waals surface area contributed by atoms with Gasteiger partial charge in [-0.15, -0.1) is 0 Å². The molecule has 0 unspecified atom stereocenters. The van der Waals surface area contributed by atoms with E-state index >= 15 is 0 Å². The molecule has 37 heavy (non-hydrogen) atoms. The van der Waals surface area contributed by atoms with E-state index in [1.54, 1.807) is 6.20 Å². The molecule has 1 saturated heterocycles. The molecule has 2 aliphatic rings. The summed E-state index contributed by atoms with van der Waals surface area (Å²) in [5.74, 6) is 3.02. The van der Waals surface area contributed by atoms with Gasteiger partial charge in [0.1, 0.15) is 40.0 Å². The van der Waals surface area contributed by atoms with E-state index in [0.29, 0.717) is 11.7 Å². The first kappa shape index (κ1) is 23.3. The molecule has 3 atom stereocenters. The number of fused-ring (bicyclic) bond motifs is 3. The van der Waals surface area contributed by atoms with Crippen LogP contribution in [0.2, 0.25) is 0 Å². The Morgan fingerprint density at radius 1 is 1.03 bits per heavy atom. The van der Waals surface area contributed by atoms with Gasteiger partial charge in [-0.25, -0.2) is 14.8 Å². The van der Waals surface area contributed by atoms with Gasteiger partial charge in [0.15, 0.2) is 0 Å². The highest BCUT2D eigenvalue weighted by molar-refractivity contribution is 5.85. The average molecular weight is 498 g/mol. The number of amides is 1. The van der Waals surface area contributed by atoms with Crippen molar-refractivity contribution >= 4 is 17.4 Å². The summed E-state index contributed by atoms with van der Waals surface area (Å²) in [6.45, 7) is 5.69. The van der Waals surface area contributed by atoms with E-state index < -0.39 is 5.60 Å². The van der Waals surface area contributed by atoms with Crippen LogP contribution in [0.1, 0.15) is 51.9 Å². The third-order valence-corrected chi connectivity index (χ3v) is 7.17. The van der Waals surface area contributed by atoms with Gasteiger partial charge in [0.25, 0.3) is 0 Å². The number of benzene rings is 2. The summed E-state index contributed by atoms with van der Waals surface area (Å²) in [5, 5.41) is 0. The van der Waals surface area contributed by atoms with Crippen molar-refractivity contribution in [3.63, 3.8) is 0 Å². The number of hydrogen-bond acceptors (Lipinski definition) is 6. The van der Waals surface area contributed by atoms with Crippen LogP contribution < -0.4 is 10.5 Å². The number of para-hydroxylation sites is 1. The number of anilines is 1. The maximum atomic E-state index is 13.3. The van der Waals surface area contributed by atoms with E-state index in [1.807, 2.05) is 90.9 Å². The quantitative estimate of drug-likeness (QED) is 0.359. The third kappa shape index (κ3) is 4.26. The van der Waals surface area contributed by atoms with Crippen LogP contribution in [-0.2, 0) is 4.74 Å². The van der Waals surface area contributed by atoms with E-state index in [2.05, 4.69) is 4.98 Å². The fourth-order valence-corrected chi connectivity index (χ4v) is 5.70. The fraction of sp³-hybridized carbons (Fsp3) is 0.345. The molecular formula is C29H31N5O3. The van der Waals surface area contributed by atoms with Gasteiger partial charge in [-0.1, -0.05) is 18.2 Å². The summed E-state index contributed by atoms with van der Waals surface area (Å²) >= 11 is 0. The number of aromatic nitrogens is 3. The Hall–Kier alpha value is -4.07. The summed E-state index contributed by atoms with van der Waals surface area (Å²) in [4.78, 5) is 24.7. The number of nitrogen functional groups attached to an aromatic ring is 1. The van der Waals surface area contributed by atoms with Crippen molar-refractivity contribution in [3.05, 3.63) is 72.8 Å². The zero-order chi connectivity index (χ0) is 25.7. The van der Waals surface area contributed by atoms with Crippen molar-refractivity contribution in [3.8, 4) is 22.8 Å². The van der Waals surface area contributed by atoms with Gasteiger partial charge in [-0.2, -0.15) is 0 Å². The number of ether oxygens (including phenoxy) is 2. The molecule has 1 aliphatic heterocycles. The summed E-state index contributed by atoms with van der Waals surface area (Å²) in [6.07, 6.45) is 6.28. The number of hydrogen-bond donors (Lipinski definition) is 1. The van der Waals surface area contributed by atoms with Crippen molar-refractivity contribution < 1.29 is 14.3 Å². The molecule has 6 rings (SSSR count). The van der Waals surface area contributed by atoms with E-state index in [9.17, 15) is 4.79 Å². The topological polar surface area (TPSA) is 95.0 Å². The van der Waals surface area contributed by atoms with E-state index in [0.717, 1.165) is 53.4 Å². The van der Waals surface area contributed by atoms with Gasteiger partial charge < -0.3 is 15.2 Å². The van der Waals surface area contributed by atoms with Crippen molar-refractivity contribution in [2.75, 3.05) is 5.73 Å². The second-order valence-corrected chi connectivity index (χ2v) is 10.8. The van der Waals surface area contributed by atoms with Crippen LogP contribution in [-0.4, -0.2) is 37.0 Å². The van der Waals surface area contributed by atoms with Gasteiger partial charge in [0.05, 0.1) is 6.04 Å². The molecule has 1 amide bonds. The Morgan fingerprint density at radius 3 is 2.49 bits per heavy atom. The summed E-state index contributed by atoms with van der Waals surface area (Å²) in [6, 6.07) is 17.4. The summed E-state index contributed by atoms with van der Waals surface area (Å²) in [5.41, 5.74) is 8.19. The van der Waals surface area contributed by atoms with Gasteiger partial charge in [-0.3, -0.25) is 9.30 Å². The number of nitrogens with two attached hydrogens (primary N) is 1. The fourth-order valence-electron chi connectivity index (χ4n) is 5.70. The predicted molar refractivity (Wildman–Crippen MR) is 141 cm³/mol. The zero-order valence-corrected chi connectivity index (χ0v) is 21.3. The maximum Gasteiger partial charge on any atom is 0.411 e. The lowest BCUT2D eigenvalue weighted by Crippen LogP contribution is -2.43. The smallest absolute Gasteiger partial charge is 0.411 e. The van der Waals surface area contributed by atoms with Gasteiger partial charge >= 0.3 is 6.09 Å². The molecule has 0 radical (unpaired) electrons. The molecule has 8 heteroatoms. The van der Waals surface area contributed by atoms with Crippen molar-refractivity contribution in [2.24, 2.45) is 5.92 Å². The Morgan fingerprint density at radius 2 is 1.76 bits per heavy atom. The Labute approximate surface area is 216 Å². The molecule has 190 valence electrons. The lowest BCUT2D eigenvalue weighted by Gasteiger charge is -2.35. The first-order valence-electron chi connectivity index (χ1n) is 12.8. The maximum absolute atomic E-state index is 13.3. The normalized spacial score (nSPS) is 20.9. The number of rotatable bonds is 4. The molecule has 2 aromatic heterocycles. The second kappa shape index (κ2) is 8.80. The van der Waals surface area contributed by atoms with Gasteiger partial charge in [0.2, 0.25) is 0 Å². The van der Waals surface area contributed by atoms with Crippen molar-refractivity contribution in [2.45, 2.75) is 57.7 Å². The number of imidazole rings is 1. The highest BCUT2D eigenvalue weighted by Gasteiger charge is 2.51. The lowest BCUT2D eigenvalue weighted by molar-refractivity contribution is 0.00605. The van der Waals surface area contributed by atoms with Crippen LogP contribution in [0.15, 0.2) is 67.0 Å². The monoisotopic (exact) mass is 497 g/mol. The summed E-state index contributed by atoms with van der Waals surface area (Å²) < 4.78 is 13.8. The van der Waals surface area contributed by atoms with Crippen LogP contribution in [0.5, 0.6) is 11.5 Å².